The Bertz CT molecular complexity index is 782. The Kier molecular flexibility index (Phi) is 7.34. The number of rotatable bonds is 6. The van der Waals surface area contributed by atoms with Crippen LogP contribution in [0.15, 0.2) is 41.3 Å². The lowest BCUT2D eigenvalue weighted by molar-refractivity contribution is 0.216. The lowest BCUT2D eigenvalue weighted by Crippen LogP contribution is -2.49. The highest BCUT2D eigenvalue weighted by Gasteiger charge is 2.19. The summed E-state index contributed by atoms with van der Waals surface area (Å²) in [5, 5.41) is 2.79. The van der Waals surface area contributed by atoms with Gasteiger partial charge in [-0.1, -0.05) is 43.6 Å². The zero-order valence-corrected chi connectivity index (χ0v) is 16.9. The molecule has 7 heteroatoms. The molecule has 0 aliphatic carbocycles. The summed E-state index contributed by atoms with van der Waals surface area (Å²) in [6.45, 7) is 4.19. The number of halogens is 1. The number of hydrogen-bond acceptors (Lipinski definition) is 4. The first-order valence-corrected chi connectivity index (χ1v) is 9.84. The second-order valence-corrected chi connectivity index (χ2v) is 7.36. The number of hydrazine groups is 2. The normalized spacial score (nSPS) is 10.7. The first-order chi connectivity index (χ1) is 12.4. The summed E-state index contributed by atoms with van der Waals surface area (Å²) in [6.07, 6.45) is 1.79. The lowest BCUT2D eigenvalue weighted by atomic mass is 10.0. The van der Waals surface area contributed by atoms with Crippen molar-refractivity contribution in [2.24, 2.45) is 11.7 Å². The maximum absolute atomic E-state index is 12.2. The Labute approximate surface area is 164 Å². The molecule has 0 radical (unpaired) electrons. The molecule has 0 saturated carbocycles. The predicted octanol–water partition coefficient (Wildman–Crippen LogP) is 4.36. The van der Waals surface area contributed by atoms with Crippen LogP contribution in [0.25, 0.3) is 0 Å². The van der Waals surface area contributed by atoms with Gasteiger partial charge in [-0.25, -0.2) is 21.5 Å². The van der Waals surface area contributed by atoms with Crippen molar-refractivity contribution in [1.82, 2.24) is 5.01 Å². The van der Waals surface area contributed by atoms with Crippen LogP contribution in [-0.4, -0.2) is 18.1 Å². The summed E-state index contributed by atoms with van der Waals surface area (Å²) >= 11 is 7.99. The fourth-order valence-corrected chi connectivity index (χ4v) is 4.00. The maximum Gasteiger partial charge on any atom is 0.352 e. The molecule has 0 bridgehead atoms. The predicted molar refractivity (Wildman–Crippen MR) is 110 cm³/mol. The molecule has 2 aromatic rings. The Morgan fingerprint density at radius 3 is 2.50 bits per heavy atom. The number of aryl methyl sites for hydroxylation is 2. The van der Waals surface area contributed by atoms with E-state index < -0.39 is 6.03 Å². The van der Waals surface area contributed by atoms with Crippen molar-refractivity contribution in [3.05, 3.63) is 58.1 Å². The third kappa shape index (κ3) is 4.71. The van der Waals surface area contributed by atoms with Gasteiger partial charge < -0.3 is 0 Å². The lowest BCUT2D eigenvalue weighted by Gasteiger charge is -2.24. The number of nitrogens with two attached hydrogens (primary N) is 2. The maximum atomic E-state index is 12.2. The fourth-order valence-electron chi connectivity index (χ4n) is 2.65. The molecule has 140 valence electrons. The van der Waals surface area contributed by atoms with Crippen molar-refractivity contribution in [3.63, 3.8) is 0 Å². The summed E-state index contributed by atoms with van der Waals surface area (Å²) in [4.78, 5) is 13.2. The molecule has 0 aliphatic rings. The minimum absolute atomic E-state index is 0.476. The smallest absolute Gasteiger partial charge is 0.264 e. The number of urea groups is 1. The van der Waals surface area contributed by atoms with Gasteiger partial charge in [0.15, 0.2) is 0 Å². The molecule has 2 amide bonds. The van der Waals surface area contributed by atoms with Gasteiger partial charge in [-0.05, 0) is 47.7 Å². The zero-order valence-electron chi connectivity index (χ0n) is 15.3. The van der Waals surface area contributed by atoms with Crippen molar-refractivity contribution < 1.29 is 4.79 Å². The molecule has 0 heterocycles. The Morgan fingerprint density at radius 2 is 1.88 bits per heavy atom. The van der Waals surface area contributed by atoms with E-state index in [1.54, 1.807) is 11.8 Å². The summed E-state index contributed by atoms with van der Waals surface area (Å²) in [5.41, 5.74) is 4.04. The van der Waals surface area contributed by atoms with Gasteiger partial charge >= 0.3 is 6.03 Å². The van der Waals surface area contributed by atoms with Crippen LogP contribution in [0.5, 0.6) is 0 Å². The Hall–Kier alpha value is -1.73. The molecule has 0 saturated heterocycles. The van der Waals surface area contributed by atoms with E-state index in [1.807, 2.05) is 30.3 Å². The molecule has 4 N–H and O–H groups in total. The molecule has 26 heavy (non-hydrogen) atoms. The van der Waals surface area contributed by atoms with E-state index in [9.17, 15) is 4.79 Å². The SMILES string of the molecule is CCc1ccc(Cl)c(SCc2c(CC)cccc2N(N)C(=O)N(C)N)c1. The van der Waals surface area contributed by atoms with Gasteiger partial charge in [0.25, 0.3) is 0 Å². The fraction of sp³-hybridized carbons (Fsp3) is 0.316. The number of hydrogen-bond donors (Lipinski definition) is 2. The van der Waals surface area contributed by atoms with Gasteiger partial charge in [-0.3, -0.25) is 5.01 Å². The van der Waals surface area contributed by atoms with E-state index in [4.69, 9.17) is 23.3 Å². The molecule has 0 spiro atoms. The average molecular weight is 393 g/mol. The highest BCUT2D eigenvalue weighted by atomic mass is 35.5. The van der Waals surface area contributed by atoms with Crippen molar-refractivity contribution in [2.75, 3.05) is 12.1 Å². The van der Waals surface area contributed by atoms with Crippen LogP contribution in [0.2, 0.25) is 5.02 Å². The standard InChI is InChI=1S/C19H25ClN4OS/c1-4-13-9-10-16(20)18(11-13)26-12-15-14(5-2)7-6-8-17(15)24(22)19(25)23(3)21/h6-11H,4-5,12,21-22H2,1-3H3. The van der Waals surface area contributed by atoms with Gasteiger partial charge in [-0.15, -0.1) is 11.8 Å². The van der Waals surface area contributed by atoms with Crippen molar-refractivity contribution in [1.29, 1.82) is 0 Å². The van der Waals surface area contributed by atoms with Gasteiger partial charge in [0.05, 0.1) is 10.7 Å². The number of carbonyl (C=O) groups excluding carboxylic acids is 1. The van der Waals surface area contributed by atoms with Crippen LogP contribution >= 0.6 is 23.4 Å². The summed E-state index contributed by atoms with van der Waals surface area (Å²) < 4.78 is 0. The van der Waals surface area contributed by atoms with Crippen LogP contribution in [0.4, 0.5) is 10.5 Å². The minimum atomic E-state index is -0.476. The van der Waals surface area contributed by atoms with Crippen molar-refractivity contribution in [3.8, 4) is 0 Å². The second kappa shape index (κ2) is 9.28. The monoisotopic (exact) mass is 392 g/mol. The third-order valence-corrected chi connectivity index (χ3v) is 5.70. The molecule has 5 nitrogen and oxygen atoms in total. The number of anilines is 1. The first-order valence-electron chi connectivity index (χ1n) is 8.48. The molecule has 0 unspecified atom stereocenters. The van der Waals surface area contributed by atoms with Gasteiger partial charge in [0.1, 0.15) is 0 Å². The van der Waals surface area contributed by atoms with E-state index in [0.717, 1.165) is 43.9 Å². The quantitative estimate of drug-likeness (QED) is 0.331. The molecular formula is C19H25ClN4OS. The highest BCUT2D eigenvalue weighted by Crippen LogP contribution is 2.35. The summed E-state index contributed by atoms with van der Waals surface area (Å²) in [5.74, 6) is 12.2. The number of carbonyl (C=O) groups is 1. The third-order valence-electron chi connectivity index (χ3n) is 4.17. The van der Waals surface area contributed by atoms with Gasteiger partial charge in [0, 0.05) is 17.7 Å². The van der Waals surface area contributed by atoms with Gasteiger partial charge in [-0.2, -0.15) is 0 Å². The van der Waals surface area contributed by atoms with E-state index in [0.29, 0.717) is 11.4 Å². The molecular weight excluding hydrogens is 368 g/mol. The van der Waals surface area contributed by atoms with E-state index >= 15 is 0 Å². The number of thioether (sulfide) groups is 1. The minimum Gasteiger partial charge on any atom is -0.264 e. The Morgan fingerprint density at radius 1 is 1.15 bits per heavy atom. The molecule has 2 aromatic carbocycles. The topological polar surface area (TPSA) is 75.6 Å². The molecule has 0 atom stereocenters. The second-order valence-electron chi connectivity index (χ2n) is 5.94. The van der Waals surface area contributed by atoms with Crippen LogP contribution < -0.4 is 16.7 Å². The van der Waals surface area contributed by atoms with Crippen molar-refractivity contribution >= 4 is 35.1 Å². The van der Waals surface area contributed by atoms with Crippen molar-refractivity contribution in [2.45, 2.75) is 37.3 Å². The van der Waals surface area contributed by atoms with Gasteiger partial charge in [0.2, 0.25) is 0 Å². The molecule has 0 aliphatic heterocycles. The zero-order chi connectivity index (χ0) is 19.3. The number of amides is 2. The van der Waals surface area contributed by atoms with Crippen LogP contribution in [-0.2, 0) is 18.6 Å². The number of benzene rings is 2. The largest absolute Gasteiger partial charge is 0.352 e. The summed E-state index contributed by atoms with van der Waals surface area (Å²) in [6, 6.07) is 11.4. The van der Waals surface area contributed by atoms with Crippen LogP contribution in [0, 0.1) is 0 Å². The number of nitrogens with zero attached hydrogens (tertiary/aromatic N) is 2. The Balaban J connectivity index is 2.35. The molecule has 0 aromatic heterocycles. The first kappa shape index (κ1) is 20.6. The van der Waals surface area contributed by atoms with E-state index in [1.165, 1.54) is 12.6 Å². The highest BCUT2D eigenvalue weighted by molar-refractivity contribution is 7.98. The molecule has 0 fully saturated rings. The molecule has 2 rings (SSSR count). The van der Waals surface area contributed by atoms with E-state index in [-0.39, 0.29) is 0 Å². The average Bonchev–Trinajstić information content (AvgIpc) is 2.65. The van der Waals surface area contributed by atoms with Crippen LogP contribution in [0.1, 0.15) is 30.5 Å². The van der Waals surface area contributed by atoms with E-state index in [2.05, 4.69) is 19.9 Å². The summed E-state index contributed by atoms with van der Waals surface area (Å²) in [7, 11) is 1.47. The van der Waals surface area contributed by atoms with Crippen LogP contribution in [0.3, 0.4) is 0 Å².